The summed E-state index contributed by atoms with van der Waals surface area (Å²) in [4.78, 5) is 14.2. The summed E-state index contributed by atoms with van der Waals surface area (Å²) in [6, 6.07) is 0.343. The number of aliphatic hydroxyl groups excluding tert-OH is 1. The minimum absolute atomic E-state index is 0.0429. The Bertz CT molecular complexity index is 240. The smallest absolute Gasteiger partial charge is 0.227 e. The standard InChI is InChI=1S/C13H26N2O2/c1-10(2)8-11(9-14)13(17)15(6-7-16)12-4-3-5-12/h10-12,16H,3-9,14H2,1-2H3. The monoisotopic (exact) mass is 242 g/mol. The average Bonchev–Trinajstić information content (AvgIpc) is 2.21. The Labute approximate surface area is 104 Å². The van der Waals surface area contributed by atoms with E-state index < -0.39 is 0 Å². The minimum Gasteiger partial charge on any atom is -0.395 e. The third-order valence-electron chi connectivity index (χ3n) is 3.53. The summed E-state index contributed by atoms with van der Waals surface area (Å²) in [5.74, 6) is 0.534. The van der Waals surface area contributed by atoms with Gasteiger partial charge in [0.25, 0.3) is 0 Å². The molecule has 1 aliphatic carbocycles. The highest BCUT2D eigenvalue weighted by atomic mass is 16.3. The quantitative estimate of drug-likeness (QED) is 0.699. The van der Waals surface area contributed by atoms with Crippen LogP contribution >= 0.6 is 0 Å². The molecule has 1 aliphatic rings. The molecule has 0 heterocycles. The van der Waals surface area contributed by atoms with E-state index in [0.29, 0.717) is 25.0 Å². The molecule has 4 nitrogen and oxygen atoms in total. The fourth-order valence-electron chi connectivity index (χ4n) is 2.38. The van der Waals surface area contributed by atoms with Gasteiger partial charge in [-0.15, -0.1) is 0 Å². The number of nitrogens with two attached hydrogens (primary N) is 1. The third-order valence-corrected chi connectivity index (χ3v) is 3.53. The van der Waals surface area contributed by atoms with Crippen LogP contribution in [0.2, 0.25) is 0 Å². The summed E-state index contributed by atoms with van der Waals surface area (Å²) in [5.41, 5.74) is 5.71. The second-order valence-electron chi connectivity index (χ2n) is 5.40. The van der Waals surface area contributed by atoms with Crippen LogP contribution in [-0.4, -0.2) is 41.7 Å². The van der Waals surface area contributed by atoms with Crippen molar-refractivity contribution in [1.29, 1.82) is 0 Å². The van der Waals surface area contributed by atoms with Crippen LogP contribution in [0.25, 0.3) is 0 Å². The number of carbonyl (C=O) groups is 1. The van der Waals surface area contributed by atoms with Crippen LogP contribution in [0.3, 0.4) is 0 Å². The SMILES string of the molecule is CC(C)CC(CN)C(=O)N(CCO)C1CCC1. The van der Waals surface area contributed by atoms with Gasteiger partial charge in [-0.1, -0.05) is 13.8 Å². The predicted molar refractivity (Wildman–Crippen MR) is 68.4 cm³/mol. The summed E-state index contributed by atoms with van der Waals surface area (Å²) in [6.07, 6.45) is 4.18. The van der Waals surface area contributed by atoms with Crippen molar-refractivity contribution in [2.75, 3.05) is 19.7 Å². The molecule has 0 aromatic rings. The first kappa shape index (κ1) is 14.5. The van der Waals surface area contributed by atoms with Gasteiger partial charge in [-0.25, -0.2) is 0 Å². The first-order valence-electron chi connectivity index (χ1n) is 6.71. The second-order valence-corrected chi connectivity index (χ2v) is 5.40. The van der Waals surface area contributed by atoms with E-state index in [1.807, 2.05) is 4.90 Å². The van der Waals surface area contributed by atoms with Crippen LogP contribution in [0, 0.1) is 11.8 Å². The molecule has 0 aromatic heterocycles. The Hall–Kier alpha value is -0.610. The van der Waals surface area contributed by atoms with Gasteiger partial charge in [0.1, 0.15) is 0 Å². The highest BCUT2D eigenvalue weighted by Crippen LogP contribution is 2.26. The maximum absolute atomic E-state index is 12.4. The first-order chi connectivity index (χ1) is 8.10. The van der Waals surface area contributed by atoms with Crippen LogP contribution in [-0.2, 0) is 4.79 Å². The van der Waals surface area contributed by atoms with E-state index in [2.05, 4.69) is 13.8 Å². The van der Waals surface area contributed by atoms with Gasteiger partial charge >= 0.3 is 0 Å². The summed E-state index contributed by atoms with van der Waals surface area (Å²) in [5, 5.41) is 9.07. The zero-order valence-electron chi connectivity index (χ0n) is 11.1. The Kier molecular flexibility index (Phi) is 5.92. The fourth-order valence-corrected chi connectivity index (χ4v) is 2.38. The zero-order chi connectivity index (χ0) is 12.8. The Morgan fingerprint density at radius 2 is 2.12 bits per heavy atom. The molecule has 1 fully saturated rings. The van der Waals surface area contributed by atoms with E-state index in [1.165, 1.54) is 6.42 Å². The molecule has 4 heteroatoms. The molecule has 1 saturated carbocycles. The number of aliphatic hydroxyl groups is 1. The lowest BCUT2D eigenvalue weighted by Crippen LogP contribution is -2.49. The molecule has 17 heavy (non-hydrogen) atoms. The lowest BCUT2D eigenvalue weighted by molar-refractivity contribution is -0.140. The van der Waals surface area contributed by atoms with Crippen LogP contribution in [0.5, 0.6) is 0 Å². The van der Waals surface area contributed by atoms with Gasteiger partial charge in [-0.3, -0.25) is 4.79 Å². The van der Waals surface area contributed by atoms with Crippen molar-refractivity contribution in [2.24, 2.45) is 17.6 Å². The molecule has 1 unspecified atom stereocenters. The van der Waals surface area contributed by atoms with Crippen LogP contribution in [0.15, 0.2) is 0 Å². The Morgan fingerprint density at radius 1 is 1.47 bits per heavy atom. The Morgan fingerprint density at radius 3 is 2.47 bits per heavy atom. The largest absolute Gasteiger partial charge is 0.395 e. The predicted octanol–water partition coefficient (Wildman–Crippen LogP) is 0.981. The van der Waals surface area contributed by atoms with E-state index >= 15 is 0 Å². The maximum atomic E-state index is 12.4. The topological polar surface area (TPSA) is 66.6 Å². The average molecular weight is 242 g/mol. The molecule has 100 valence electrons. The lowest BCUT2D eigenvalue weighted by Gasteiger charge is -2.39. The summed E-state index contributed by atoms with van der Waals surface area (Å²) < 4.78 is 0. The van der Waals surface area contributed by atoms with Gasteiger partial charge in [-0.05, 0) is 31.6 Å². The van der Waals surface area contributed by atoms with Gasteiger partial charge in [0.2, 0.25) is 5.91 Å². The summed E-state index contributed by atoms with van der Waals surface area (Å²) in [6.45, 7) is 5.12. The minimum atomic E-state index is -0.0813. The van der Waals surface area contributed by atoms with Crippen LogP contribution in [0.1, 0.15) is 39.5 Å². The van der Waals surface area contributed by atoms with Gasteiger partial charge in [0, 0.05) is 19.1 Å². The van der Waals surface area contributed by atoms with Gasteiger partial charge in [-0.2, -0.15) is 0 Å². The second kappa shape index (κ2) is 6.97. The molecule has 1 rings (SSSR count). The number of amides is 1. The number of hydrogen-bond donors (Lipinski definition) is 2. The van der Waals surface area contributed by atoms with Crippen LogP contribution < -0.4 is 5.73 Å². The van der Waals surface area contributed by atoms with E-state index in [9.17, 15) is 4.79 Å². The number of nitrogens with zero attached hydrogens (tertiary/aromatic N) is 1. The summed E-state index contributed by atoms with van der Waals surface area (Å²) in [7, 11) is 0. The zero-order valence-corrected chi connectivity index (χ0v) is 11.1. The number of hydrogen-bond acceptors (Lipinski definition) is 3. The lowest BCUT2D eigenvalue weighted by atomic mass is 9.89. The molecule has 0 aromatic carbocycles. The molecular weight excluding hydrogens is 216 g/mol. The fraction of sp³-hybridized carbons (Fsp3) is 0.923. The number of carbonyl (C=O) groups excluding carboxylic acids is 1. The first-order valence-corrected chi connectivity index (χ1v) is 6.71. The molecule has 0 radical (unpaired) electrons. The van der Waals surface area contributed by atoms with Crippen molar-refractivity contribution in [3.8, 4) is 0 Å². The molecular formula is C13H26N2O2. The van der Waals surface area contributed by atoms with Crippen molar-refractivity contribution in [3.63, 3.8) is 0 Å². The third kappa shape index (κ3) is 3.96. The van der Waals surface area contributed by atoms with E-state index in [4.69, 9.17) is 10.8 Å². The van der Waals surface area contributed by atoms with Crippen molar-refractivity contribution < 1.29 is 9.90 Å². The van der Waals surface area contributed by atoms with E-state index in [-0.39, 0.29) is 18.4 Å². The van der Waals surface area contributed by atoms with Gasteiger partial charge in [0.05, 0.1) is 12.5 Å². The Balaban J connectivity index is 2.60. The van der Waals surface area contributed by atoms with Gasteiger partial charge in [0.15, 0.2) is 0 Å². The van der Waals surface area contributed by atoms with E-state index in [0.717, 1.165) is 19.3 Å². The highest BCUT2D eigenvalue weighted by Gasteiger charge is 2.32. The molecule has 1 atom stereocenters. The van der Waals surface area contributed by atoms with Crippen molar-refractivity contribution in [2.45, 2.75) is 45.6 Å². The maximum Gasteiger partial charge on any atom is 0.227 e. The molecule has 0 spiro atoms. The molecule has 0 aliphatic heterocycles. The normalized spacial score (nSPS) is 17.9. The van der Waals surface area contributed by atoms with Crippen molar-refractivity contribution in [3.05, 3.63) is 0 Å². The summed E-state index contributed by atoms with van der Waals surface area (Å²) >= 11 is 0. The molecule has 3 N–H and O–H groups in total. The molecule has 0 saturated heterocycles. The molecule has 0 bridgehead atoms. The van der Waals surface area contributed by atoms with Crippen molar-refractivity contribution >= 4 is 5.91 Å². The van der Waals surface area contributed by atoms with Crippen LogP contribution in [0.4, 0.5) is 0 Å². The van der Waals surface area contributed by atoms with E-state index in [1.54, 1.807) is 0 Å². The molecule has 1 amide bonds. The van der Waals surface area contributed by atoms with Crippen molar-refractivity contribution in [1.82, 2.24) is 4.90 Å². The number of rotatable bonds is 7. The van der Waals surface area contributed by atoms with Gasteiger partial charge < -0.3 is 15.7 Å². The highest BCUT2D eigenvalue weighted by molar-refractivity contribution is 5.79.